The Balaban J connectivity index is 2.48. The van der Waals surface area contributed by atoms with Crippen molar-refractivity contribution in [2.45, 2.75) is 26.4 Å². The van der Waals surface area contributed by atoms with Crippen LogP contribution in [0.3, 0.4) is 0 Å². The number of hydrogen-bond donors (Lipinski definition) is 1. The Morgan fingerprint density at radius 2 is 2.36 bits per heavy atom. The summed E-state index contributed by atoms with van der Waals surface area (Å²) in [4.78, 5) is 13.6. The fourth-order valence-electron chi connectivity index (χ4n) is 1.64. The minimum Gasteiger partial charge on any atom is -0.396 e. The maximum Gasteiger partial charge on any atom is 0.251 e. The maximum atomic E-state index is 11.7. The topological polar surface area (TPSA) is 49.8 Å². The summed E-state index contributed by atoms with van der Waals surface area (Å²) in [6.45, 7) is 6.23. The first-order chi connectivity index (χ1) is 6.65. The highest BCUT2D eigenvalue weighted by Crippen LogP contribution is 2.11. The second-order valence-corrected chi connectivity index (χ2v) is 4.05. The third-order valence-corrected chi connectivity index (χ3v) is 2.24. The van der Waals surface area contributed by atoms with E-state index in [0.717, 1.165) is 6.54 Å². The number of amides is 1. The third kappa shape index (κ3) is 2.96. The van der Waals surface area contributed by atoms with E-state index >= 15 is 0 Å². The molecule has 0 spiro atoms. The van der Waals surface area contributed by atoms with Crippen molar-refractivity contribution in [1.29, 1.82) is 0 Å². The predicted molar refractivity (Wildman–Crippen MR) is 52.9 cm³/mol. The highest BCUT2D eigenvalue weighted by molar-refractivity contribution is 5.81. The van der Waals surface area contributed by atoms with Gasteiger partial charge in [0.1, 0.15) is 6.10 Å². The van der Waals surface area contributed by atoms with Gasteiger partial charge in [-0.15, -0.1) is 0 Å². The molecule has 0 aromatic heterocycles. The quantitative estimate of drug-likeness (QED) is 0.709. The summed E-state index contributed by atoms with van der Waals surface area (Å²) in [5, 5.41) is 8.75. The minimum absolute atomic E-state index is 0.00588. The molecule has 0 radical (unpaired) electrons. The predicted octanol–water partition coefficient (Wildman–Crippen LogP) is 0.252. The average Bonchev–Trinajstić information content (AvgIpc) is 2.11. The Hall–Kier alpha value is -0.610. The van der Waals surface area contributed by atoms with Gasteiger partial charge < -0.3 is 14.7 Å². The Morgan fingerprint density at radius 3 is 2.93 bits per heavy atom. The molecule has 1 unspecified atom stereocenters. The lowest BCUT2D eigenvalue weighted by molar-refractivity contribution is -0.154. The lowest BCUT2D eigenvalue weighted by atomic mass is 10.1. The Labute approximate surface area is 84.8 Å². The van der Waals surface area contributed by atoms with Crippen LogP contribution in [-0.4, -0.2) is 48.3 Å². The van der Waals surface area contributed by atoms with Gasteiger partial charge >= 0.3 is 0 Å². The van der Waals surface area contributed by atoms with Gasteiger partial charge in [0.05, 0.1) is 6.61 Å². The molecule has 1 aliphatic heterocycles. The first-order valence-electron chi connectivity index (χ1n) is 5.16. The molecular formula is C10H19NO3. The van der Waals surface area contributed by atoms with Gasteiger partial charge in [0.15, 0.2) is 0 Å². The minimum atomic E-state index is -0.424. The standard InChI is InChI=1S/C10H19NO3/c1-8(2)7-11-4-6-14-9(3-5-12)10(11)13/h8-9,12H,3-7H2,1-2H3. The second kappa shape index (κ2) is 5.32. The number of carbonyl (C=O) groups excluding carboxylic acids is 1. The Morgan fingerprint density at radius 1 is 1.64 bits per heavy atom. The first-order valence-corrected chi connectivity index (χ1v) is 5.16. The van der Waals surface area contributed by atoms with Gasteiger partial charge in [-0.05, 0) is 5.92 Å². The van der Waals surface area contributed by atoms with Crippen molar-refractivity contribution in [3.8, 4) is 0 Å². The molecule has 14 heavy (non-hydrogen) atoms. The molecular weight excluding hydrogens is 182 g/mol. The van der Waals surface area contributed by atoms with Crippen LogP contribution in [0.4, 0.5) is 0 Å². The number of hydrogen-bond acceptors (Lipinski definition) is 3. The summed E-state index contributed by atoms with van der Waals surface area (Å²) in [6.07, 6.45) is -0.0135. The highest BCUT2D eigenvalue weighted by atomic mass is 16.5. The van der Waals surface area contributed by atoms with Crippen LogP contribution in [0, 0.1) is 5.92 Å². The van der Waals surface area contributed by atoms with Gasteiger partial charge in [0.25, 0.3) is 5.91 Å². The van der Waals surface area contributed by atoms with Crippen LogP contribution < -0.4 is 0 Å². The molecule has 1 heterocycles. The van der Waals surface area contributed by atoms with E-state index in [1.54, 1.807) is 0 Å². The van der Waals surface area contributed by atoms with Gasteiger partial charge in [-0.25, -0.2) is 0 Å². The zero-order valence-corrected chi connectivity index (χ0v) is 8.90. The van der Waals surface area contributed by atoms with E-state index in [2.05, 4.69) is 13.8 Å². The monoisotopic (exact) mass is 201 g/mol. The largest absolute Gasteiger partial charge is 0.396 e. The number of aliphatic hydroxyl groups is 1. The van der Waals surface area contributed by atoms with Crippen LogP contribution in [0.15, 0.2) is 0 Å². The number of morpholine rings is 1. The van der Waals surface area contributed by atoms with Crippen LogP contribution in [0.1, 0.15) is 20.3 Å². The lowest BCUT2D eigenvalue weighted by Gasteiger charge is -2.33. The second-order valence-electron chi connectivity index (χ2n) is 4.05. The van der Waals surface area contributed by atoms with Crippen LogP contribution in [0.25, 0.3) is 0 Å². The van der Waals surface area contributed by atoms with Crippen LogP contribution in [0.5, 0.6) is 0 Å². The summed E-state index contributed by atoms with van der Waals surface area (Å²) >= 11 is 0. The van der Waals surface area contributed by atoms with E-state index in [1.165, 1.54) is 0 Å². The SMILES string of the molecule is CC(C)CN1CCOC(CCO)C1=O. The van der Waals surface area contributed by atoms with Crippen molar-refractivity contribution >= 4 is 5.91 Å². The summed E-state index contributed by atoms with van der Waals surface area (Å²) in [5.74, 6) is 0.505. The summed E-state index contributed by atoms with van der Waals surface area (Å²) < 4.78 is 5.29. The third-order valence-electron chi connectivity index (χ3n) is 2.24. The van der Waals surface area contributed by atoms with E-state index in [0.29, 0.717) is 25.5 Å². The van der Waals surface area contributed by atoms with E-state index in [4.69, 9.17) is 9.84 Å². The molecule has 0 aliphatic carbocycles. The molecule has 0 aromatic rings. The van der Waals surface area contributed by atoms with Gasteiger partial charge in [-0.1, -0.05) is 13.8 Å². The molecule has 4 nitrogen and oxygen atoms in total. The van der Waals surface area contributed by atoms with Gasteiger partial charge in [0, 0.05) is 26.1 Å². The van der Waals surface area contributed by atoms with Crippen molar-refractivity contribution in [2.75, 3.05) is 26.3 Å². The molecule has 0 saturated carbocycles. The molecule has 1 fully saturated rings. The molecule has 1 atom stereocenters. The molecule has 4 heteroatoms. The van der Waals surface area contributed by atoms with Crippen molar-refractivity contribution < 1.29 is 14.6 Å². The Bertz CT molecular complexity index is 192. The van der Waals surface area contributed by atoms with Gasteiger partial charge in [-0.2, -0.15) is 0 Å². The van der Waals surface area contributed by atoms with Gasteiger partial charge in [0.2, 0.25) is 0 Å². The number of nitrogens with zero attached hydrogens (tertiary/aromatic N) is 1. The molecule has 1 N–H and O–H groups in total. The van der Waals surface area contributed by atoms with Crippen LogP contribution in [-0.2, 0) is 9.53 Å². The normalized spacial score (nSPS) is 23.3. The van der Waals surface area contributed by atoms with Crippen molar-refractivity contribution in [2.24, 2.45) is 5.92 Å². The fraction of sp³-hybridized carbons (Fsp3) is 0.900. The number of rotatable bonds is 4. The molecule has 1 amide bonds. The van der Waals surface area contributed by atoms with Crippen LogP contribution >= 0.6 is 0 Å². The molecule has 0 bridgehead atoms. The summed E-state index contributed by atoms with van der Waals surface area (Å²) in [5.41, 5.74) is 0. The van der Waals surface area contributed by atoms with Gasteiger partial charge in [-0.3, -0.25) is 4.79 Å². The fourth-order valence-corrected chi connectivity index (χ4v) is 1.64. The highest BCUT2D eigenvalue weighted by Gasteiger charge is 2.28. The molecule has 1 saturated heterocycles. The lowest BCUT2D eigenvalue weighted by Crippen LogP contribution is -2.49. The first kappa shape index (κ1) is 11.5. The molecule has 82 valence electrons. The van der Waals surface area contributed by atoms with Crippen molar-refractivity contribution in [3.63, 3.8) is 0 Å². The van der Waals surface area contributed by atoms with E-state index in [-0.39, 0.29) is 12.5 Å². The van der Waals surface area contributed by atoms with Crippen molar-refractivity contribution in [3.05, 3.63) is 0 Å². The van der Waals surface area contributed by atoms with Crippen LogP contribution in [0.2, 0.25) is 0 Å². The zero-order chi connectivity index (χ0) is 10.6. The molecule has 0 aromatic carbocycles. The van der Waals surface area contributed by atoms with E-state index in [1.807, 2.05) is 4.90 Å². The Kier molecular flexibility index (Phi) is 4.35. The number of carbonyl (C=O) groups is 1. The maximum absolute atomic E-state index is 11.7. The van der Waals surface area contributed by atoms with E-state index in [9.17, 15) is 4.79 Å². The molecule has 1 aliphatic rings. The number of aliphatic hydroxyl groups excluding tert-OH is 1. The summed E-state index contributed by atoms with van der Waals surface area (Å²) in [7, 11) is 0. The van der Waals surface area contributed by atoms with E-state index < -0.39 is 6.10 Å². The zero-order valence-electron chi connectivity index (χ0n) is 8.90. The number of ether oxygens (including phenoxy) is 1. The smallest absolute Gasteiger partial charge is 0.251 e. The molecule has 1 rings (SSSR count). The average molecular weight is 201 g/mol. The van der Waals surface area contributed by atoms with Crippen molar-refractivity contribution in [1.82, 2.24) is 4.90 Å². The summed E-state index contributed by atoms with van der Waals surface area (Å²) in [6, 6.07) is 0.